The SMILES string of the molecule is NC(C1=CCCO1)c1ncccn1. The van der Waals surface area contributed by atoms with Crippen LogP contribution in [0.15, 0.2) is 30.3 Å². The van der Waals surface area contributed by atoms with Crippen LogP contribution in [0.4, 0.5) is 0 Å². The lowest BCUT2D eigenvalue weighted by Gasteiger charge is -2.10. The normalized spacial score (nSPS) is 17.8. The van der Waals surface area contributed by atoms with Gasteiger partial charge in [0.2, 0.25) is 0 Å². The summed E-state index contributed by atoms with van der Waals surface area (Å²) in [7, 11) is 0. The topological polar surface area (TPSA) is 61.0 Å². The van der Waals surface area contributed by atoms with Crippen LogP contribution >= 0.6 is 0 Å². The van der Waals surface area contributed by atoms with Gasteiger partial charge in [-0.25, -0.2) is 9.97 Å². The first kappa shape index (κ1) is 8.19. The van der Waals surface area contributed by atoms with Crippen LogP contribution in [0.3, 0.4) is 0 Å². The maximum Gasteiger partial charge on any atom is 0.152 e. The van der Waals surface area contributed by atoms with Crippen molar-refractivity contribution in [1.82, 2.24) is 9.97 Å². The van der Waals surface area contributed by atoms with Gasteiger partial charge in [-0.2, -0.15) is 0 Å². The van der Waals surface area contributed by atoms with Crippen LogP contribution in [0.2, 0.25) is 0 Å². The zero-order valence-corrected chi connectivity index (χ0v) is 7.18. The van der Waals surface area contributed by atoms with Crippen molar-refractivity contribution in [1.29, 1.82) is 0 Å². The lowest BCUT2D eigenvalue weighted by Crippen LogP contribution is -2.16. The van der Waals surface area contributed by atoms with Crippen molar-refractivity contribution in [3.63, 3.8) is 0 Å². The lowest BCUT2D eigenvalue weighted by molar-refractivity contribution is 0.223. The molecular formula is C9H11N3O. The van der Waals surface area contributed by atoms with E-state index in [1.165, 1.54) is 0 Å². The second kappa shape index (κ2) is 3.53. The van der Waals surface area contributed by atoms with Crippen molar-refractivity contribution in [2.24, 2.45) is 5.73 Å². The standard InChI is InChI=1S/C9H11N3O/c10-8(7-3-1-6-13-7)9-11-4-2-5-12-9/h2-5,8H,1,6,10H2. The van der Waals surface area contributed by atoms with Gasteiger partial charge in [-0.05, 0) is 12.1 Å². The summed E-state index contributed by atoms with van der Waals surface area (Å²) in [6.07, 6.45) is 6.27. The van der Waals surface area contributed by atoms with Crippen molar-refractivity contribution in [3.8, 4) is 0 Å². The molecule has 2 N–H and O–H groups in total. The van der Waals surface area contributed by atoms with Gasteiger partial charge in [0.05, 0.1) is 6.61 Å². The van der Waals surface area contributed by atoms with Gasteiger partial charge in [0, 0.05) is 18.8 Å². The van der Waals surface area contributed by atoms with Crippen LogP contribution < -0.4 is 5.73 Å². The molecule has 2 heterocycles. The van der Waals surface area contributed by atoms with E-state index < -0.39 is 0 Å². The van der Waals surface area contributed by atoms with Crippen molar-refractivity contribution < 1.29 is 4.74 Å². The van der Waals surface area contributed by atoms with E-state index in [2.05, 4.69) is 9.97 Å². The van der Waals surface area contributed by atoms with Gasteiger partial charge in [0.25, 0.3) is 0 Å². The highest BCUT2D eigenvalue weighted by Crippen LogP contribution is 2.20. The van der Waals surface area contributed by atoms with E-state index in [4.69, 9.17) is 10.5 Å². The molecule has 1 atom stereocenters. The molecule has 1 unspecified atom stereocenters. The number of hydrogen-bond donors (Lipinski definition) is 1. The van der Waals surface area contributed by atoms with E-state index in [9.17, 15) is 0 Å². The Balaban J connectivity index is 2.17. The van der Waals surface area contributed by atoms with Gasteiger partial charge in [-0.1, -0.05) is 0 Å². The highest BCUT2D eigenvalue weighted by Gasteiger charge is 2.18. The van der Waals surface area contributed by atoms with Crippen LogP contribution in [-0.2, 0) is 4.74 Å². The third kappa shape index (κ3) is 1.67. The summed E-state index contributed by atoms with van der Waals surface area (Å²) in [4.78, 5) is 8.13. The van der Waals surface area contributed by atoms with Crippen molar-refractivity contribution >= 4 is 0 Å². The molecular weight excluding hydrogens is 166 g/mol. The number of aromatic nitrogens is 2. The van der Waals surface area contributed by atoms with E-state index in [-0.39, 0.29) is 6.04 Å². The molecule has 2 rings (SSSR count). The predicted octanol–water partition coefficient (Wildman–Crippen LogP) is 0.781. The summed E-state index contributed by atoms with van der Waals surface area (Å²) < 4.78 is 5.33. The second-order valence-electron chi connectivity index (χ2n) is 2.83. The molecule has 1 aromatic rings. The van der Waals surface area contributed by atoms with Gasteiger partial charge < -0.3 is 10.5 Å². The first-order valence-corrected chi connectivity index (χ1v) is 4.23. The molecule has 1 aliphatic rings. The summed E-state index contributed by atoms with van der Waals surface area (Å²) >= 11 is 0. The molecule has 1 aromatic heterocycles. The Labute approximate surface area is 76.5 Å². The average Bonchev–Trinajstić information content (AvgIpc) is 2.71. The molecule has 0 radical (unpaired) electrons. The van der Waals surface area contributed by atoms with E-state index >= 15 is 0 Å². The fourth-order valence-corrected chi connectivity index (χ4v) is 1.25. The zero-order valence-electron chi connectivity index (χ0n) is 7.18. The largest absolute Gasteiger partial charge is 0.496 e. The van der Waals surface area contributed by atoms with Crippen molar-refractivity contribution in [3.05, 3.63) is 36.1 Å². The van der Waals surface area contributed by atoms with Gasteiger partial charge >= 0.3 is 0 Å². The molecule has 0 saturated heterocycles. The van der Waals surface area contributed by atoms with Gasteiger partial charge in [0.1, 0.15) is 11.8 Å². The second-order valence-corrected chi connectivity index (χ2v) is 2.83. The monoisotopic (exact) mass is 177 g/mol. The third-order valence-corrected chi connectivity index (χ3v) is 1.90. The molecule has 0 aromatic carbocycles. The average molecular weight is 177 g/mol. The molecule has 0 aliphatic carbocycles. The molecule has 0 saturated carbocycles. The first-order chi connectivity index (χ1) is 6.38. The predicted molar refractivity (Wildman–Crippen MR) is 47.6 cm³/mol. The van der Waals surface area contributed by atoms with Gasteiger partial charge in [-0.15, -0.1) is 0 Å². The third-order valence-electron chi connectivity index (χ3n) is 1.90. The number of nitrogens with two attached hydrogens (primary N) is 1. The smallest absolute Gasteiger partial charge is 0.152 e. The summed E-state index contributed by atoms with van der Waals surface area (Å²) in [5.41, 5.74) is 5.88. The minimum absolute atomic E-state index is 0.316. The van der Waals surface area contributed by atoms with Crippen LogP contribution in [0.25, 0.3) is 0 Å². The Bertz CT molecular complexity index is 310. The fraction of sp³-hybridized carbons (Fsp3) is 0.333. The summed E-state index contributed by atoms with van der Waals surface area (Å²) in [5, 5.41) is 0. The van der Waals surface area contributed by atoms with Crippen molar-refractivity contribution in [2.75, 3.05) is 6.61 Å². The number of ether oxygens (including phenoxy) is 1. The molecule has 13 heavy (non-hydrogen) atoms. The summed E-state index contributed by atoms with van der Waals surface area (Å²) in [5.74, 6) is 1.39. The zero-order chi connectivity index (χ0) is 9.10. The number of rotatable bonds is 2. The Morgan fingerprint density at radius 3 is 2.77 bits per heavy atom. The van der Waals surface area contributed by atoms with Crippen LogP contribution in [-0.4, -0.2) is 16.6 Å². The summed E-state index contributed by atoms with van der Waals surface area (Å²) in [6, 6.07) is 1.45. The molecule has 68 valence electrons. The molecule has 4 nitrogen and oxygen atoms in total. The molecule has 0 amide bonds. The Kier molecular flexibility index (Phi) is 2.23. The lowest BCUT2D eigenvalue weighted by atomic mass is 10.2. The maximum absolute atomic E-state index is 5.88. The van der Waals surface area contributed by atoms with Crippen LogP contribution in [0.5, 0.6) is 0 Å². The van der Waals surface area contributed by atoms with Crippen molar-refractivity contribution in [2.45, 2.75) is 12.5 Å². The highest BCUT2D eigenvalue weighted by molar-refractivity contribution is 5.13. The minimum Gasteiger partial charge on any atom is -0.496 e. The molecule has 4 heteroatoms. The quantitative estimate of drug-likeness (QED) is 0.725. The molecule has 0 bridgehead atoms. The van der Waals surface area contributed by atoms with E-state index in [0.717, 1.165) is 18.8 Å². The fourth-order valence-electron chi connectivity index (χ4n) is 1.25. The Hall–Kier alpha value is -1.42. The van der Waals surface area contributed by atoms with E-state index in [1.807, 2.05) is 6.08 Å². The van der Waals surface area contributed by atoms with Gasteiger partial charge in [0.15, 0.2) is 5.82 Å². The number of hydrogen-bond acceptors (Lipinski definition) is 4. The van der Waals surface area contributed by atoms with Crippen LogP contribution in [0.1, 0.15) is 18.3 Å². The Morgan fingerprint density at radius 1 is 1.38 bits per heavy atom. The highest BCUT2D eigenvalue weighted by atomic mass is 16.5. The first-order valence-electron chi connectivity index (χ1n) is 4.23. The summed E-state index contributed by atoms with van der Waals surface area (Å²) in [6.45, 7) is 0.718. The number of nitrogens with zero attached hydrogens (tertiary/aromatic N) is 2. The van der Waals surface area contributed by atoms with E-state index in [0.29, 0.717) is 5.82 Å². The maximum atomic E-state index is 5.88. The molecule has 0 spiro atoms. The minimum atomic E-state index is -0.316. The van der Waals surface area contributed by atoms with E-state index in [1.54, 1.807) is 18.5 Å². The molecule has 0 fully saturated rings. The Morgan fingerprint density at radius 2 is 2.15 bits per heavy atom. The van der Waals surface area contributed by atoms with Crippen LogP contribution in [0, 0.1) is 0 Å². The molecule has 1 aliphatic heterocycles. The van der Waals surface area contributed by atoms with Gasteiger partial charge in [-0.3, -0.25) is 0 Å².